The third kappa shape index (κ3) is 4.25. The van der Waals surface area contributed by atoms with Gasteiger partial charge < -0.3 is 5.32 Å². The SMILES string of the molecule is CCNC1CCCCCCC1Sc1ncccn1. The highest BCUT2D eigenvalue weighted by Gasteiger charge is 2.23. The Bertz CT molecular complexity index is 331. The van der Waals surface area contributed by atoms with Crippen molar-refractivity contribution in [2.24, 2.45) is 0 Å². The van der Waals surface area contributed by atoms with Crippen molar-refractivity contribution in [3.8, 4) is 0 Å². The first-order valence-electron chi connectivity index (χ1n) is 7.07. The summed E-state index contributed by atoms with van der Waals surface area (Å²) >= 11 is 1.85. The Morgan fingerprint density at radius 2 is 1.89 bits per heavy atom. The second-order valence-corrected chi connectivity index (χ2v) is 6.05. The van der Waals surface area contributed by atoms with Crippen LogP contribution in [0, 0.1) is 0 Å². The molecule has 0 amide bonds. The molecule has 0 spiro atoms. The Morgan fingerprint density at radius 1 is 1.17 bits per heavy atom. The summed E-state index contributed by atoms with van der Waals surface area (Å²) in [7, 11) is 0. The van der Waals surface area contributed by atoms with E-state index in [2.05, 4.69) is 22.2 Å². The maximum atomic E-state index is 4.35. The molecule has 1 fully saturated rings. The largest absolute Gasteiger partial charge is 0.313 e. The predicted octanol–water partition coefficient (Wildman–Crippen LogP) is 3.27. The molecule has 1 heterocycles. The van der Waals surface area contributed by atoms with Gasteiger partial charge in [0.1, 0.15) is 0 Å². The minimum Gasteiger partial charge on any atom is -0.313 e. The van der Waals surface area contributed by atoms with E-state index < -0.39 is 0 Å². The van der Waals surface area contributed by atoms with Crippen molar-refractivity contribution in [2.45, 2.75) is 61.9 Å². The first-order valence-corrected chi connectivity index (χ1v) is 7.95. The molecular weight excluding hydrogens is 242 g/mol. The molecule has 0 bridgehead atoms. The van der Waals surface area contributed by atoms with E-state index in [1.807, 2.05) is 30.2 Å². The van der Waals surface area contributed by atoms with Gasteiger partial charge in [0.15, 0.2) is 5.16 Å². The lowest BCUT2D eigenvalue weighted by molar-refractivity contribution is 0.406. The summed E-state index contributed by atoms with van der Waals surface area (Å²) < 4.78 is 0. The van der Waals surface area contributed by atoms with Crippen molar-refractivity contribution in [3.63, 3.8) is 0 Å². The van der Waals surface area contributed by atoms with Crippen molar-refractivity contribution in [1.82, 2.24) is 15.3 Å². The smallest absolute Gasteiger partial charge is 0.187 e. The van der Waals surface area contributed by atoms with E-state index in [9.17, 15) is 0 Å². The van der Waals surface area contributed by atoms with Crippen molar-refractivity contribution >= 4 is 11.8 Å². The highest BCUT2D eigenvalue weighted by atomic mass is 32.2. The third-order valence-electron chi connectivity index (χ3n) is 3.47. The van der Waals surface area contributed by atoms with Crippen molar-refractivity contribution in [3.05, 3.63) is 18.5 Å². The van der Waals surface area contributed by atoms with Crippen LogP contribution in [0.25, 0.3) is 0 Å². The molecule has 1 aromatic heterocycles. The first kappa shape index (κ1) is 13.8. The first-order chi connectivity index (χ1) is 8.90. The zero-order valence-electron chi connectivity index (χ0n) is 11.1. The van der Waals surface area contributed by atoms with Crippen LogP contribution in [-0.4, -0.2) is 27.8 Å². The fourth-order valence-corrected chi connectivity index (χ4v) is 3.76. The topological polar surface area (TPSA) is 37.8 Å². The molecule has 0 aromatic carbocycles. The standard InChI is InChI=1S/C14H23N3S/c1-2-15-12-8-5-3-4-6-9-13(12)18-14-16-10-7-11-17-14/h7,10-13,15H,2-6,8-9H2,1H3. The molecule has 18 heavy (non-hydrogen) atoms. The normalized spacial score (nSPS) is 25.4. The van der Waals surface area contributed by atoms with E-state index >= 15 is 0 Å². The van der Waals surface area contributed by atoms with Gasteiger partial charge in [0, 0.05) is 23.7 Å². The molecule has 2 rings (SSSR count). The lowest BCUT2D eigenvalue weighted by Gasteiger charge is -2.28. The number of thioether (sulfide) groups is 1. The van der Waals surface area contributed by atoms with E-state index in [-0.39, 0.29) is 0 Å². The Morgan fingerprint density at radius 3 is 2.61 bits per heavy atom. The molecule has 2 unspecified atom stereocenters. The van der Waals surface area contributed by atoms with E-state index in [1.165, 1.54) is 38.5 Å². The van der Waals surface area contributed by atoms with Gasteiger partial charge in [-0.1, -0.05) is 44.4 Å². The Kier molecular flexibility index (Phi) is 5.94. The minimum absolute atomic E-state index is 0.615. The van der Waals surface area contributed by atoms with Gasteiger partial charge in [-0.3, -0.25) is 0 Å². The number of aromatic nitrogens is 2. The summed E-state index contributed by atoms with van der Waals surface area (Å²) in [5, 5.41) is 5.19. The molecule has 1 aromatic rings. The Labute approximate surface area is 114 Å². The van der Waals surface area contributed by atoms with E-state index in [1.54, 1.807) is 0 Å². The van der Waals surface area contributed by atoms with Crippen molar-refractivity contribution < 1.29 is 0 Å². The van der Waals surface area contributed by atoms with E-state index in [0.29, 0.717) is 11.3 Å². The third-order valence-corrected chi connectivity index (χ3v) is 4.76. The quantitative estimate of drug-likeness (QED) is 0.848. The lowest BCUT2D eigenvalue weighted by atomic mass is 9.96. The summed E-state index contributed by atoms with van der Waals surface area (Å²) in [5.41, 5.74) is 0. The summed E-state index contributed by atoms with van der Waals surface area (Å²) in [6.45, 7) is 3.25. The zero-order chi connectivity index (χ0) is 12.6. The summed E-state index contributed by atoms with van der Waals surface area (Å²) in [6, 6.07) is 2.49. The second kappa shape index (κ2) is 7.74. The molecule has 1 aliphatic carbocycles. The Hall–Kier alpha value is -0.610. The number of hydrogen-bond donors (Lipinski definition) is 1. The fraction of sp³-hybridized carbons (Fsp3) is 0.714. The second-order valence-electron chi connectivity index (χ2n) is 4.84. The number of rotatable bonds is 4. The van der Waals surface area contributed by atoms with Crippen LogP contribution < -0.4 is 5.32 Å². The van der Waals surface area contributed by atoms with Crippen molar-refractivity contribution in [1.29, 1.82) is 0 Å². The summed E-state index contributed by atoms with van der Waals surface area (Å²) in [4.78, 5) is 8.69. The van der Waals surface area contributed by atoms with Crippen LogP contribution in [0.3, 0.4) is 0 Å². The van der Waals surface area contributed by atoms with Crippen LogP contribution in [0.15, 0.2) is 23.6 Å². The monoisotopic (exact) mass is 265 g/mol. The number of nitrogens with one attached hydrogen (secondary N) is 1. The van der Waals surface area contributed by atoms with Crippen LogP contribution in [0.4, 0.5) is 0 Å². The van der Waals surface area contributed by atoms with Gasteiger partial charge in [-0.25, -0.2) is 9.97 Å². The van der Waals surface area contributed by atoms with Crippen LogP contribution in [0.5, 0.6) is 0 Å². The van der Waals surface area contributed by atoms with Gasteiger partial charge in [0.25, 0.3) is 0 Å². The maximum Gasteiger partial charge on any atom is 0.187 e. The maximum absolute atomic E-state index is 4.35. The molecule has 2 atom stereocenters. The van der Waals surface area contributed by atoms with Crippen LogP contribution in [-0.2, 0) is 0 Å². The molecule has 4 heteroatoms. The van der Waals surface area contributed by atoms with Crippen LogP contribution in [0.2, 0.25) is 0 Å². The van der Waals surface area contributed by atoms with Gasteiger partial charge >= 0.3 is 0 Å². The molecule has 0 radical (unpaired) electrons. The van der Waals surface area contributed by atoms with Crippen molar-refractivity contribution in [2.75, 3.05) is 6.54 Å². The fourth-order valence-electron chi connectivity index (χ4n) is 2.57. The average molecular weight is 265 g/mol. The van der Waals surface area contributed by atoms with Gasteiger partial charge in [0.05, 0.1) is 0 Å². The predicted molar refractivity (Wildman–Crippen MR) is 76.8 cm³/mol. The van der Waals surface area contributed by atoms with E-state index in [0.717, 1.165) is 11.7 Å². The highest BCUT2D eigenvalue weighted by molar-refractivity contribution is 7.99. The van der Waals surface area contributed by atoms with Crippen LogP contribution in [0.1, 0.15) is 45.4 Å². The van der Waals surface area contributed by atoms with E-state index in [4.69, 9.17) is 0 Å². The zero-order valence-corrected chi connectivity index (χ0v) is 12.0. The molecule has 0 saturated heterocycles. The van der Waals surface area contributed by atoms with Gasteiger partial charge in [-0.2, -0.15) is 0 Å². The summed E-state index contributed by atoms with van der Waals surface area (Å²) in [6.07, 6.45) is 11.7. The molecular formula is C14H23N3S. The molecule has 100 valence electrons. The molecule has 3 nitrogen and oxygen atoms in total. The van der Waals surface area contributed by atoms with Gasteiger partial charge in [-0.05, 0) is 25.5 Å². The number of nitrogens with zero attached hydrogens (tertiary/aromatic N) is 2. The average Bonchev–Trinajstić information content (AvgIpc) is 2.38. The summed E-state index contributed by atoms with van der Waals surface area (Å²) in [5.74, 6) is 0. The van der Waals surface area contributed by atoms with Gasteiger partial charge in [0.2, 0.25) is 0 Å². The lowest BCUT2D eigenvalue weighted by Crippen LogP contribution is -2.38. The molecule has 1 saturated carbocycles. The Balaban J connectivity index is 1.99. The van der Waals surface area contributed by atoms with Gasteiger partial charge in [-0.15, -0.1) is 0 Å². The highest BCUT2D eigenvalue weighted by Crippen LogP contribution is 2.30. The molecule has 1 aliphatic rings. The van der Waals surface area contributed by atoms with Crippen LogP contribution >= 0.6 is 11.8 Å². The molecule has 0 aliphatic heterocycles. The molecule has 1 N–H and O–H groups in total. The minimum atomic E-state index is 0.615. The number of hydrogen-bond acceptors (Lipinski definition) is 4.